The zero-order valence-corrected chi connectivity index (χ0v) is 21.3. The molecule has 206 valence electrons. The number of unbranched alkanes of at least 4 members (excludes halogenated alkanes) is 1. The predicted octanol–water partition coefficient (Wildman–Crippen LogP) is -0.255. The van der Waals surface area contributed by atoms with Crippen molar-refractivity contribution in [2.24, 2.45) is 17.4 Å². The van der Waals surface area contributed by atoms with E-state index in [0.717, 1.165) is 5.56 Å². The number of nitrogens with two attached hydrogens (primary N) is 2. The molecule has 0 aromatic heterocycles. The van der Waals surface area contributed by atoms with Crippen LogP contribution in [0, 0.1) is 5.92 Å². The minimum absolute atomic E-state index is 0.0121. The fourth-order valence-corrected chi connectivity index (χ4v) is 3.62. The topological polar surface area (TPSA) is 214 Å². The summed E-state index contributed by atoms with van der Waals surface area (Å²) >= 11 is 0. The van der Waals surface area contributed by atoms with Crippen LogP contribution in [0.3, 0.4) is 0 Å². The molecule has 1 aromatic rings. The first kappa shape index (κ1) is 31.5. The summed E-state index contributed by atoms with van der Waals surface area (Å²) < 4.78 is 0. The Morgan fingerprint density at radius 2 is 1.41 bits per heavy atom. The lowest BCUT2D eigenvalue weighted by Crippen LogP contribution is -2.57. The molecule has 0 aliphatic rings. The van der Waals surface area contributed by atoms with Gasteiger partial charge in [0.05, 0.1) is 12.5 Å². The van der Waals surface area contributed by atoms with Crippen molar-refractivity contribution >= 4 is 29.7 Å². The Balaban J connectivity index is 2.97. The summed E-state index contributed by atoms with van der Waals surface area (Å²) in [7, 11) is 0. The summed E-state index contributed by atoms with van der Waals surface area (Å²) in [5, 5.41) is 26.0. The second kappa shape index (κ2) is 16.3. The molecule has 3 amide bonds. The zero-order chi connectivity index (χ0) is 28.0. The van der Waals surface area contributed by atoms with Crippen LogP contribution < -0.4 is 27.4 Å². The molecule has 12 nitrogen and oxygen atoms in total. The first-order chi connectivity index (χ1) is 17.4. The summed E-state index contributed by atoms with van der Waals surface area (Å²) in [5.74, 6) is -4.91. The molecule has 0 saturated heterocycles. The Labute approximate surface area is 216 Å². The number of hydrogen-bond acceptors (Lipinski definition) is 7. The van der Waals surface area contributed by atoms with E-state index in [1.54, 1.807) is 24.3 Å². The van der Waals surface area contributed by atoms with Crippen molar-refractivity contribution in [3.63, 3.8) is 0 Å². The largest absolute Gasteiger partial charge is 0.481 e. The first-order valence-electron chi connectivity index (χ1n) is 12.3. The molecule has 37 heavy (non-hydrogen) atoms. The van der Waals surface area contributed by atoms with Gasteiger partial charge in [0.15, 0.2) is 0 Å². The molecule has 0 aliphatic carbocycles. The van der Waals surface area contributed by atoms with Gasteiger partial charge in [0.1, 0.15) is 18.1 Å². The van der Waals surface area contributed by atoms with Gasteiger partial charge in [-0.1, -0.05) is 44.2 Å². The second-order valence-electron chi connectivity index (χ2n) is 9.33. The van der Waals surface area contributed by atoms with Crippen LogP contribution in [-0.2, 0) is 30.4 Å². The van der Waals surface area contributed by atoms with Gasteiger partial charge in [-0.2, -0.15) is 0 Å². The van der Waals surface area contributed by atoms with E-state index in [2.05, 4.69) is 16.0 Å². The summed E-state index contributed by atoms with van der Waals surface area (Å²) in [5.41, 5.74) is 12.3. The number of carbonyl (C=O) groups is 5. The van der Waals surface area contributed by atoms with Gasteiger partial charge < -0.3 is 37.6 Å². The van der Waals surface area contributed by atoms with Crippen LogP contribution in [0.25, 0.3) is 0 Å². The van der Waals surface area contributed by atoms with Crippen molar-refractivity contribution in [1.29, 1.82) is 0 Å². The molecule has 0 heterocycles. The van der Waals surface area contributed by atoms with E-state index in [1.165, 1.54) is 0 Å². The number of carbonyl (C=O) groups excluding carboxylic acids is 3. The van der Waals surface area contributed by atoms with Crippen LogP contribution in [0.4, 0.5) is 0 Å². The Bertz CT molecular complexity index is 910. The van der Waals surface area contributed by atoms with Gasteiger partial charge in [-0.15, -0.1) is 0 Å². The highest BCUT2D eigenvalue weighted by Gasteiger charge is 2.31. The molecule has 0 fully saturated rings. The van der Waals surface area contributed by atoms with Crippen LogP contribution >= 0.6 is 0 Å². The van der Waals surface area contributed by atoms with E-state index in [9.17, 15) is 34.2 Å². The summed E-state index contributed by atoms with van der Waals surface area (Å²) in [6.07, 6.45) is 0.764. The van der Waals surface area contributed by atoms with E-state index in [-0.39, 0.29) is 25.2 Å². The van der Waals surface area contributed by atoms with Gasteiger partial charge in [0, 0.05) is 0 Å². The molecule has 4 unspecified atom stereocenters. The first-order valence-corrected chi connectivity index (χ1v) is 12.3. The summed E-state index contributed by atoms with van der Waals surface area (Å²) in [6.45, 7) is 3.97. The SMILES string of the molecule is CC(C)CC(NC(=O)C(CCCCN)NC(=O)C(CC(=O)O)NC(=O)C(N)Cc1ccccc1)C(=O)O. The van der Waals surface area contributed by atoms with E-state index in [1.807, 2.05) is 19.9 Å². The van der Waals surface area contributed by atoms with Crippen LogP contribution in [0.5, 0.6) is 0 Å². The quantitative estimate of drug-likeness (QED) is 0.134. The number of amides is 3. The molecule has 0 aliphatic heterocycles. The van der Waals surface area contributed by atoms with E-state index < -0.39 is 60.2 Å². The van der Waals surface area contributed by atoms with E-state index >= 15 is 0 Å². The highest BCUT2D eigenvalue weighted by atomic mass is 16.4. The molecule has 4 atom stereocenters. The van der Waals surface area contributed by atoms with Crippen molar-refractivity contribution in [3.8, 4) is 0 Å². The third-order valence-corrected chi connectivity index (χ3v) is 5.55. The van der Waals surface area contributed by atoms with Crippen molar-refractivity contribution < 1.29 is 34.2 Å². The lowest BCUT2D eigenvalue weighted by atomic mass is 10.0. The summed E-state index contributed by atoms with van der Waals surface area (Å²) in [4.78, 5) is 61.5. The highest BCUT2D eigenvalue weighted by Crippen LogP contribution is 2.08. The molecule has 1 aromatic carbocycles. The standard InChI is InChI=1S/C25H39N5O7/c1-15(2)12-20(25(36)37)30-23(34)18(10-6-7-11-26)28-24(35)19(14-21(31)32)29-22(33)17(27)13-16-8-4-3-5-9-16/h3-5,8-9,15,17-20H,6-7,10-14,26-27H2,1-2H3,(H,28,35)(H,29,33)(H,30,34)(H,31,32)(H,36,37). The van der Waals surface area contributed by atoms with Gasteiger partial charge in [-0.05, 0) is 50.1 Å². The number of nitrogens with one attached hydrogen (secondary N) is 3. The molecular weight excluding hydrogens is 482 g/mol. The van der Waals surface area contributed by atoms with E-state index in [4.69, 9.17) is 11.5 Å². The van der Waals surface area contributed by atoms with Crippen LogP contribution in [0.15, 0.2) is 30.3 Å². The molecule has 0 radical (unpaired) electrons. The number of hydrogen-bond donors (Lipinski definition) is 7. The Morgan fingerprint density at radius 3 is 1.95 bits per heavy atom. The average Bonchev–Trinajstić information content (AvgIpc) is 2.82. The minimum atomic E-state index is -1.50. The fourth-order valence-electron chi connectivity index (χ4n) is 3.62. The van der Waals surface area contributed by atoms with Crippen LogP contribution in [-0.4, -0.2) is 70.6 Å². The highest BCUT2D eigenvalue weighted by molar-refractivity contribution is 5.95. The van der Waals surface area contributed by atoms with E-state index in [0.29, 0.717) is 19.4 Å². The lowest BCUT2D eigenvalue weighted by molar-refractivity contribution is -0.143. The van der Waals surface area contributed by atoms with Crippen LogP contribution in [0.2, 0.25) is 0 Å². The number of carboxylic acid groups (broad SMARTS) is 2. The molecule has 0 spiro atoms. The average molecular weight is 522 g/mol. The maximum Gasteiger partial charge on any atom is 0.326 e. The third-order valence-electron chi connectivity index (χ3n) is 5.55. The molecule has 9 N–H and O–H groups in total. The van der Waals surface area contributed by atoms with Gasteiger partial charge in [-0.3, -0.25) is 19.2 Å². The molecule has 12 heteroatoms. The monoisotopic (exact) mass is 521 g/mol. The lowest BCUT2D eigenvalue weighted by Gasteiger charge is -2.25. The number of rotatable bonds is 17. The van der Waals surface area contributed by atoms with Crippen molar-refractivity contribution in [2.45, 2.75) is 76.5 Å². The Morgan fingerprint density at radius 1 is 0.838 bits per heavy atom. The Hall–Kier alpha value is -3.51. The number of benzene rings is 1. The summed E-state index contributed by atoms with van der Waals surface area (Å²) in [6, 6.07) is 4.09. The predicted molar refractivity (Wildman–Crippen MR) is 136 cm³/mol. The zero-order valence-electron chi connectivity index (χ0n) is 21.3. The Kier molecular flexibility index (Phi) is 13.9. The molecule has 0 saturated carbocycles. The van der Waals surface area contributed by atoms with Gasteiger partial charge in [0.2, 0.25) is 17.7 Å². The van der Waals surface area contributed by atoms with Gasteiger partial charge >= 0.3 is 11.9 Å². The maximum atomic E-state index is 13.0. The number of aliphatic carboxylic acids is 2. The molecular formula is C25H39N5O7. The van der Waals surface area contributed by atoms with Gasteiger partial charge in [0.25, 0.3) is 0 Å². The van der Waals surface area contributed by atoms with Gasteiger partial charge in [-0.25, -0.2) is 4.79 Å². The fraction of sp³-hybridized carbons (Fsp3) is 0.560. The number of carboxylic acids is 2. The normalized spacial score (nSPS) is 14.2. The van der Waals surface area contributed by atoms with Crippen molar-refractivity contribution in [2.75, 3.05) is 6.54 Å². The third kappa shape index (κ3) is 12.3. The van der Waals surface area contributed by atoms with Crippen molar-refractivity contribution in [3.05, 3.63) is 35.9 Å². The smallest absolute Gasteiger partial charge is 0.326 e. The van der Waals surface area contributed by atoms with Crippen LogP contribution in [0.1, 0.15) is 51.5 Å². The molecule has 1 rings (SSSR count). The maximum absolute atomic E-state index is 13.0. The minimum Gasteiger partial charge on any atom is -0.481 e. The van der Waals surface area contributed by atoms with Crippen molar-refractivity contribution in [1.82, 2.24) is 16.0 Å². The second-order valence-corrected chi connectivity index (χ2v) is 9.33. The molecule has 0 bridgehead atoms.